The van der Waals surface area contributed by atoms with E-state index >= 15 is 0 Å². The van der Waals surface area contributed by atoms with Crippen LogP contribution in [0.2, 0.25) is 0 Å². The molecule has 0 bridgehead atoms. The highest BCUT2D eigenvalue weighted by Crippen LogP contribution is 2.17. The quantitative estimate of drug-likeness (QED) is 0.683. The molecular weight excluding hydrogens is 366 g/mol. The number of rotatable bonds is 9. The molecule has 2 N–H and O–H groups in total. The van der Waals surface area contributed by atoms with Crippen LogP contribution in [0.15, 0.2) is 53.4 Å². The minimum atomic E-state index is -3.32. The van der Waals surface area contributed by atoms with E-state index in [9.17, 15) is 18.0 Å². The first-order chi connectivity index (χ1) is 12.8. The van der Waals surface area contributed by atoms with Crippen LogP contribution in [0.4, 0.5) is 5.69 Å². The van der Waals surface area contributed by atoms with E-state index in [4.69, 9.17) is 5.11 Å². The predicted molar refractivity (Wildman–Crippen MR) is 104 cm³/mol. The fourth-order valence-corrected chi connectivity index (χ4v) is 3.98. The lowest BCUT2D eigenvalue weighted by atomic mass is 10.1. The number of anilines is 1. The Balaban J connectivity index is 2.06. The fraction of sp³-hybridized carbons (Fsp3) is 0.300. The van der Waals surface area contributed by atoms with Gasteiger partial charge >= 0.3 is 5.97 Å². The van der Waals surface area contributed by atoms with Crippen molar-refractivity contribution in [2.45, 2.75) is 37.5 Å². The lowest BCUT2D eigenvalue weighted by molar-refractivity contribution is -0.136. The van der Waals surface area contributed by atoms with E-state index in [0.717, 1.165) is 12.0 Å². The zero-order valence-corrected chi connectivity index (χ0v) is 16.0. The molecule has 0 fully saturated rings. The van der Waals surface area contributed by atoms with Crippen molar-refractivity contribution in [2.24, 2.45) is 0 Å². The van der Waals surface area contributed by atoms with Gasteiger partial charge in [0.05, 0.1) is 10.6 Å². The fourth-order valence-electron chi connectivity index (χ4n) is 2.52. The van der Waals surface area contributed by atoms with Gasteiger partial charge in [-0.05, 0) is 54.8 Å². The second-order valence-corrected chi connectivity index (χ2v) is 8.35. The average molecular weight is 389 g/mol. The van der Waals surface area contributed by atoms with Crippen LogP contribution in [0.5, 0.6) is 0 Å². The summed E-state index contributed by atoms with van der Waals surface area (Å²) in [6.07, 6.45) is 1.79. The van der Waals surface area contributed by atoms with Crippen molar-refractivity contribution in [3.63, 3.8) is 0 Å². The molecule has 1 amide bonds. The van der Waals surface area contributed by atoms with Crippen LogP contribution in [0.25, 0.3) is 0 Å². The number of carboxylic acids is 1. The van der Waals surface area contributed by atoms with Gasteiger partial charge in [0.15, 0.2) is 9.84 Å². The SMILES string of the molecule is CCCCS(=O)(=O)c1ccc(C(=O)Nc2cccc(CCC(=O)O)c2)cc1. The van der Waals surface area contributed by atoms with Crippen molar-refractivity contribution in [3.8, 4) is 0 Å². The predicted octanol–water partition coefficient (Wildman–Crippen LogP) is 3.53. The summed E-state index contributed by atoms with van der Waals surface area (Å²) in [6.45, 7) is 1.93. The maximum absolute atomic E-state index is 12.4. The molecule has 7 heteroatoms. The molecule has 27 heavy (non-hydrogen) atoms. The average Bonchev–Trinajstić information content (AvgIpc) is 2.65. The minimum Gasteiger partial charge on any atom is -0.481 e. The van der Waals surface area contributed by atoms with Crippen LogP contribution in [0, 0.1) is 0 Å². The van der Waals surface area contributed by atoms with Crippen LogP contribution in [0.1, 0.15) is 42.1 Å². The van der Waals surface area contributed by atoms with Crippen molar-refractivity contribution in [1.29, 1.82) is 0 Å². The molecule has 144 valence electrons. The van der Waals surface area contributed by atoms with Gasteiger partial charge in [-0.15, -0.1) is 0 Å². The summed E-state index contributed by atoms with van der Waals surface area (Å²) in [5.74, 6) is -1.14. The smallest absolute Gasteiger partial charge is 0.303 e. The number of unbranched alkanes of at least 4 members (excludes halogenated alkanes) is 1. The van der Waals surface area contributed by atoms with Gasteiger partial charge in [0.1, 0.15) is 0 Å². The van der Waals surface area contributed by atoms with Gasteiger partial charge in [-0.2, -0.15) is 0 Å². The lowest BCUT2D eigenvalue weighted by Gasteiger charge is -2.08. The monoisotopic (exact) mass is 389 g/mol. The molecule has 2 aromatic carbocycles. The number of hydrogen-bond donors (Lipinski definition) is 2. The lowest BCUT2D eigenvalue weighted by Crippen LogP contribution is -2.13. The first kappa shape index (κ1) is 20.6. The number of benzene rings is 2. The van der Waals surface area contributed by atoms with E-state index < -0.39 is 15.8 Å². The highest BCUT2D eigenvalue weighted by molar-refractivity contribution is 7.91. The topological polar surface area (TPSA) is 101 Å². The molecule has 0 radical (unpaired) electrons. The Morgan fingerprint density at radius 1 is 1.07 bits per heavy atom. The van der Waals surface area contributed by atoms with Crippen LogP contribution < -0.4 is 5.32 Å². The molecule has 0 saturated carbocycles. The van der Waals surface area contributed by atoms with Gasteiger partial charge < -0.3 is 10.4 Å². The third-order valence-electron chi connectivity index (χ3n) is 4.05. The first-order valence-corrected chi connectivity index (χ1v) is 10.4. The van der Waals surface area contributed by atoms with Gasteiger partial charge in [-0.3, -0.25) is 9.59 Å². The van der Waals surface area contributed by atoms with Crippen molar-refractivity contribution in [1.82, 2.24) is 0 Å². The minimum absolute atomic E-state index is 0.0192. The summed E-state index contributed by atoms with van der Waals surface area (Å²) in [4.78, 5) is 23.2. The van der Waals surface area contributed by atoms with E-state index in [1.54, 1.807) is 24.3 Å². The number of carbonyl (C=O) groups excluding carboxylic acids is 1. The zero-order valence-electron chi connectivity index (χ0n) is 15.1. The number of sulfone groups is 1. The van der Waals surface area contributed by atoms with E-state index in [2.05, 4.69) is 5.32 Å². The molecule has 0 aliphatic carbocycles. The molecule has 0 aliphatic heterocycles. The molecule has 0 aromatic heterocycles. The van der Waals surface area contributed by atoms with E-state index in [1.807, 2.05) is 6.92 Å². The van der Waals surface area contributed by atoms with E-state index in [-0.39, 0.29) is 23.0 Å². The Morgan fingerprint density at radius 3 is 2.41 bits per heavy atom. The Kier molecular flexibility index (Phi) is 7.12. The molecule has 2 aromatic rings. The number of aliphatic carboxylic acids is 1. The molecule has 0 heterocycles. The van der Waals surface area contributed by atoms with Gasteiger partial charge in [0.25, 0.3) is 5.91 Å². The molecule has 0 aliphatic rings. The first-order valence-electron chi connectivity index (χ1n) is 8.76. The summed E-state index contributed by atoms with van der Waals surface area (Å²) >= 11 is 0. The molecule has 2 rings (SSSR count). The summed E-state index contributed by atoms with van der Waals surface area (Å²) in [6, 6.07) is 12.9. The van der Waals surface area contributed by atoms with Crippen LogP contribution >= 0.6 is 0 Å². The van der Waals surface area contributed by atoms with Crippen molar-refractivity contribution in [3.05, 3.63) is 59.7 Å². The van der Waals surface area contributed by atoms with Crippen molar-refractivity contribution >= 4 is 27.4 Å². The van der Waals surface area contributed by atoms with Gasteiger partial charge in [-0.1, -0.05) is 25.5 Å². The number of carboxylic acid groups (broad SMARTS) is 1. The number of hydrogen-bond acceptors (Lipinski definition) is 4. The summed E-state index contributed by atoms with van der Waals surface area (Å²) < 4.78 is 24.3. The molecule has 0 saturated heterocycles. The van der Waals surface area contributed by atoms with Crippen LogP contribution in [-0.2, 0) is 21.1 Å². The molecule has 6 nitrogen and oxygen atoms in total. The molecule has 0 spiro atoms. The molecule has 0 unspecified atom stereocenters. The van der Waals surface area contributed by atoms with Crippen molar-refractivity contribution in [2.75, 3.05) is 11.1 Å². The van der Waals surface area contributed by atoms with Crippen LogP contribution in [0.3, 0.4) is 0 Å². The summed E-state index contributed by atoms with van der Waals surface area (Å²) in [7, 11) is -3.32. The highest BCUT2D eigenvalue weighted by atomic mass is 32.2. The molecular formula is C20H23NO5S. The normalized spacial score (nSPS) is 11.1. The third kappa shape index (κ3) is 6.21. The maximum atomic E-state index is 12.4. The Hall–Kier alpha value is -2.67. The standard InChI is InChI=1S/C20H23NO5S/c1-2-3-13-27(25,26)18-10-8-16(9-11-18)20(24)21-17-6-4-5-15(14-17)7-12-19(22)23/h4-6,8-11,14H,2-3,7,12-13H2,1H3,(H,21,24)(H,22,23). The van der Waals surface area contributed by atoms with E-state index in [1.165, 1.54) is 24.3 Å². The number of nitrogens with one attached hydrogen (secondary N) is 1. The van der Waals surface area contributed by atoms with Crippen LogP contribution in [-0.4, -0.2) is 31.2 Å². The summed E-state index contributed by atoms with van der Waals surface area (Å²) in [5, 5.41) is 11.5. The number of carbonyl (C=O) groups is 2. The van der Waals surface area contributed by atoms with Gasteiger partial charge in [0.2, 0.25) is 0 Å². The second kappa shape index (κ2) is 9.32. The maximum Gasteiger partial charge on any atom is 0.303 e. The third-order valence-corrected chi connectivity index (χ3v) is 5.87. The van der Waals surface area contributed by atoms with Crippen molar-refractivity contribution < 1.29 is 23.1 Å². The second-order valence-electron chi connectivity index (χ2n) is 6.25. The largest absolute Gasteiger partial charge is 0.481 e. The highest BCUT2D eigenvalue weighted by Gasteiger charge is 2.15. The number of amides is 1. The zero-order chi connectivity index (χ0) is 19.9. The molecule has 0 atom stereocenters. The van der Waals surface area contributed by atoms with Gasteiger partial charge in [-0.25, -0.2) is 8.42 Å². The Bertz CT molecular complexity index is 904. The number of aryl methyl sites for hydroxylation is 1. The Labute approximate surface area is 159 Å². The van der Waals surface area contributed by atoms with E-state index in [0.29, 0.717) is 24.1 Å². The van der Waals surface area contributed by atoms with Gasteiger partial charge in [0, 0.05) is 17.7 Å². The summed E-state index contributed by atoms with van der Waals surface area (Å²) in [5.41, 5.74) is 1.72. The Morgan fingerprint density at radius 2 is 1.78 bits per heavy atom.